The Morgan fingerprint density at radius 3 is 2.34 bits per heavy atom. The second-order valence-corrected chi connectivity index (χ2v) is 9.56. The summed E-state index contributed by atoms with van der Waals surface area (Å²) >= 11 is 0. The van der Waals surface area contributed by atoms with E-state index in [0.29, 0.717) is 24.5 Å². The zero-order valence-corrected chi connectivity index (χ0v) is 21.5. The van der Waals surface area contributed by atoms with Gasteiger partial charge in [0.2, 0.25) is 5.95 Å². The average Bonchev–Trinajstić information content (AvgIpc) is 3.18. The van der Waals surface area contributed by atoms with Crippen LogP contribution in [0.3, 0.4) is 0 Å². The number of pyridine rings is 1. The van der Waals surface area contributed by atoms with Crippen LogP contribution < -0.4 is 10.6 Å². The Morgan fingerprint density at radius 1 is 1.03 bits per heavy atom. The van der Waals surface area contributed by atoms with Crippen LogP contribution in [0.15, 0.2) is 84.6 Å². The highest BCUT2D eigenvalue weighted by atomic mass is 19.4. The highest BCUT2D eigenvalue weighted by molar-refractivity contribution is 5.63. The molecule has 1 aliphatic rings. The molecule has 0 amide bonds. The number of nitrogens with zero attached hydrogens (tertiary/aromatic N) is 3. The van der Waals surface area contributed by atoms with Crippen molar-refractivity contribution in [3.8, 4) is 11.1 Å². The molecular weight excluding hydrogens is 491 g/mol. The van der Waals surface area contributed by atoms with Gasteiger partial charge in [0, 0.05) is 47.4 Å². The zero-order chi connectivity index (χ0) is 27.4. The zero-order valence-electron chi connectivity index (χ0n) is 21.5. The maximum Gasteiger partial charge on any atom is 0.418 e. The van der Waals surface area contributed by atoms with Gasteiger partial charge in [0.05, 0.1) is 23.6 Å². The molecule has 0 saturated carbocycles. The van der Waals surface area contributed by atoms with Crippen LogP contribution in [0.2, 0.25) is 0 Å². The highest BCUT2D eigenvalue weighted by Gasteiger charge is 2.33. The van der Waals surface area contributed by atoms with Gasteiger partial charge >= 0.3 is 6.18 Å². The molecule has 0 saturated heterocycles. The minimum Gasteiger partial charge on any atom is -0.393 e. The molecule has 2 atom stereocenters. The van der Waals surface area contributed by atoms with Gasteiger partial charge in [0.1, 0.15) is 0 Å². The maximum absolute atomic E-state index is 13.2. The quantitative estimate of drug-likeness (QED) is 0.292. The summed E-state index contributed by atoms with van der Waals surface area (Å²) in [6, 6.07) is 8.79. The molecule has 0 fully saturated rings. The van der Waals surface area contributed by atoms with Crippen molar-refractivity contribution in [2.45, 2.75) is 45.9 Å². The summed E-state index contributed by atoms with van der Waals surface area (Å²) in [5, 5.41) is 15.8. The smallest absolute Gasteiger partial charge is 0.393 e. The molecule has 1 aliphatic carbocycles. The molecule has 3 N–H and O–H groups in total. The van der Waals surface area contributed by atoms with Crippen LogP contribution in [0.25, 0.3) is 11.1 Å². The molecule has 6 nitrogen and oxygen atoms in total. The fourth-order valence-corrected chi connectivity index (χ4v) is 4.34. The molecule has 0 spiro atoms. The number of aliphatic hydroxyl groups excluding tert-OH is 1. The summed E-state index contributed by atoms with van der Waals surface area (Å²) in [7, 11) is 0. The summed E-state index contributed by atoms with van der Waals surface area (Å²) in [6.07, 6.45) is 5.33. The molecule has 0 radical (unpaired) electrons. The van der Waals surface area contributed by atoms with Gasteiger partial charge in [-0.3, -0.25) is 4.98 Å². The lowest BCUT2D eigenvalue weighted by Gasteiger charge is -2.14. The number of nitrogens with one attached hydrogen (secondary N) is 2. The molecule has 3 aromatic rings. The number of aryl methyl sites for hydroxylation is 1. The molecular formula is C29H30F3N5O. The Labute approximate surface area is 220 Å². The summed E-state index contributed by atoms with van der Waals surface area (Å²) in [5.41, 5.74) is 4.73. The normalized spacial score (nSPS) is 16.0. The second-order valence-electron chi connectivity index (χ2n) is 9.56. The van der Waals surface area contributed by atoms with Gasteiger partial charge in [-0.2, -0.15) is 13.2 Å². The van der Waals surface area contributed by atoms with Crippen molar-refractivity contribution in [2.75, 3.05) is 10.6 Å². The topological polar surface area (TPSA) is 83.0 Å². The van der Waals surface area contributed by atoms with Crippen molar-refractivity contribution in [3.05, 3.63) is 101 Å². The Bertz CT molecular complexity index is 1360. The van der Waals surface area contributed by atoms with Crippen molar-refractivity contribution >= 4 is 11.6 Å². The van der Waals surface area contributed by atoms with Crippen LogP contribution in [0.4, 0.5) is 24.8 Å². The molecule has 0 bridgehead atoms. The van der Waals surface area contributed by atoms with Gasteiger partial charge in [-0.25, -0.2) is 9.97 Å². The Morgan fingerprint density at radius 2 is 1.71 bits per heavy atom. The van der Waals surface area contributed by atoms with Gasteiger partial charge in [-0.15, -0.1) is 0 Å². The molecule has 0 aliphatic heterocycles. The van der Waals surface area contributed by atoms with Crippen molar-refractivity contribution in [3.63, 3.8) is 0 Å². The molecule has 1 unspecified atom stereocenters. The van der Waals surface area contributed by atoms with Crippen molar-refractivity contribution in [1.29, 1.82) is 0 Å². The molecule has 4 rings (SSSR count). The van der Waals surface area contributed by atoms with E-state index >= 15 is 0 Å². The first kappa shape index (κ1) is 27.1. The van der Waals surface area contributed by atoms with Crippen LogP contribution in [0.1, 0.15) is 37.1 Å². The summed E-state index contributed by atoms with van der Waals surface area (Å²) in [5.74, 6) is 0.677. The van der Waals surface area contributed by atoms with Gasteiger partial charge in [-0.05, 0) is 50.0 Å². The largest absolute Gasteiger partial charge is 0.418 e. The van der Waals surface area contributed by atoms with Crippen LogP contribution in [-0.2, 0) is 12.6 Å². The number of hydrogen-bond acceptors (Lipinski definition) is 6. The van der Waals surface area contributed by atoms with E-state index in [-0.39, 0.29) is 23.4 Å². The third-order valence-electron chi connectivity index (χ3n) is 6.20. The van der Waals surface area contributed by atoms with Gasteiger partial charge in [-0.1, -0.05) is 43.0 Å². The maximum atomic E-state index is 13.2. The van der Waals surface area contributed by atoms with E-state index in [0.717, 1.165) is 34.0 Å². The molecule has 1 aromatic carbocycles. The van der Waals surface area contributed by atoms with Gasteiger partial charge in [0.15, 0.2) is 0 Å². The first-order valence-electron chi connectivity index (χ1n) is 12.2. The number of alkyl halides is 3. The molecule has 2 heterocycles. The minimum atomic E-state index is -4.46. The molecule has 198 valence electrons. The molecule has 2 aromatic heterocycles. The summed E-state index contributed by atoms with van der Waals surface area (Å²) < 4.78 is 39.5. The SMILES string of the molecule is C=C(Cc1ccc(-c2cnc(NC3=CC(C[C@H](C)O)C=C3C)nc2)cc1)Nc1cnc(C)c(C(F)(F)F)c1. The lowest BCUT2D eigenvalue weighted by molar-refractivity contribution is -0.138. The molecule has 38 heavy (non-hydrogen) atoms. The number of hydrogen-bond donors (Lipinski definition) is 3. The number of anilines is 2. The third-order valence-corrected chi connectivity index (χ3v) is 6.20. The fourth-order valence-electron chi connectivity index (χ4n) is 4.34. The van der Waals surface area contributed by atoms with Gasteiger partial charge < -0.3 is 15.7 Å². The van der Waals surface area contributed by atoms with Crippen LogP contribution in [0.5, 0.6) is 0 Å². The van der Waals surface area contributed by atoms with E-state index in [1.165, 1.54) is 13.1 Å². The first-order chi connectivity index (χ1) is 18.0. The number of aliphatic hydroxyl groups is 1. The van der Waals surface area contributed by atoms with E-state index in [9.17, 15) is 18.3 Å². The average molecular weight is 522 g/mol. The Kier molecular flexibility index (Phi) is 7.97. The van der Waals surface area contributed by atoms with E-state index in [1.54, 1.807) is 19.3 Å². The predicted octanol–water partition coefficient (Wildman–Crippen LogP) is 6.68. The molecule has 9 heteroatoms. The van der Waals surface area contributed by atoms with Crippen molar-refractivity contribution in [1.82, 2.24) is 15.0 Å². The lowest BCUT2D eigenvalue weighted by Crippen LogP contribution is -2.10. The van der Waals surface area contributed by atoms with Crippen molar-refractivity contribution < 1.29 is 18.3 Å². The van der Waals surface area contributed by atoms with Crippen molar-refractivity contribution in [2.24, 2.45) is 5.92 Å². The van der Waals surface area contributed by atoms with E-state index in [1.807, 2.05) is 31.2 Å². The number of halogens is 3. The summed E-state index contributed by atoms with van der Waals surface area (Å²) in [4.78, 5) is 12.7. The Hall–Kier alpha value is -3.98. The van der Waals surface area contributed by atoms with E-state index in [2.05, 4.69) is 44.3 Å². The standard InChI is InChI=1S/C29H30F3N5O/c1-17-9-22(11-19(3)38)12-27(17)37-28-34-14-24(15-35-28)23-7-5-21(6-8-23)10-18(2)36-25-13-26(29(30,31)32)20(4)33-16-25/h5-9,12-16,19,22,36,38H,2,10-11H2,1,3-4H3,(H,34,35,37)/t19-,22?/m0/s1. The minimum absolute atomic E-state index is 0.0685. The van der Waals surface area contributed by atoms with E-state index < -0.39 is 11.7 Å². The monoisotopic (exact) mass is 521 g/mol. The van der Waals surface area contributed by atoms with Crippen LogP contribution in [0, 0.1) is 12.8 Å². The number of allylic oxidation sites excluding steroid dienone is 4. The lowest BCUT2D eigenvalue weighted by atomic mass is 10.0. The second kappa shape index (κ2) is 11.2. The highest BCUT2D eigenvalue weighted by Crippen LogP contribution is 2.33. The number of aromatic nitrogens is 3. The third kappa shape index (κ3) is 6.86. The van der Waals surface area contributed by atoms with E-state index in [4.69, 9.17) is 0 Å². The first-order valence-corrected chi connectivity index (χ1v) is 12.2. The Balaban J connectivity index is 1.35. The van der Waals surface area contributed by atoms with Crippen LogP contribution >= 0.6 is 0 Å². The number of rotatable bonds is 9. The predicted molar refractivity (Wildman–Crippen MR) is 143 cm³/mol. The summed E-state index contributed by atoms with van der Waals surface area (Å²) in [6.45, 7) is 9.07. The fraction of sp³-hybridized carbons (Fsp3) is 0.276. The number of benzene rings is 1. The van der Waals surface area contributed by atoms with Crippen LogP contribution in [-0.4, -0.2) is 26.2 Å². The van der Waals surface area contributed by atoms with Gasteiger partial charge in [0.25, 0.3) is 0 Å².